The lowest BCUT2D eigenvalue weighted by molar-refractivity contribution is -0.112. The third kappa shape index (κ3) is 10.4. The van der Waals surface area contributed by atoms with Gasteiger partial charge in [0, 0.05) is 42.9 Å². The number of phenols is 2. The predicted octanol–water partition coefficient (Wildman–Crippen LogP) is 5.10. The molecule has 1 aliphatic rings. The summed E-state index contributed by atoms with van der Waals surface area (Å²) < 4.78 is 16.6. The number of carbonyl (C=O) groups is 2. The minimum Gasteiger partial charge on any atom is -0.508 e. The first-order valence-corrected chi connectivity index (χ1v) is 14.1. The number of phenolic OH excluding ortho intramolecular Hbond substituents is 2. The summed E-state index contributed by atoms with van der Waals surface area (Å²) in [6, 6.07) is 1.34. The smallest absolute Gasteiger partial charge is 0.405 e. The van der Waals surface area contributed by atoms with E-state index in [4.69, 9.17) is 19.9 Å². The van der Waals surface area contributed by atoms with Gasteiger partial charge in [0.25, 0.3) is 5.91 Å². The van der Waals surface area contributed by atoms with Crippen molar-refractivity contribution in [3.8, 4) is 11.5 Å². The van der Waals surface area contributed by atoms with Crippen molar-refractivity contribution in [3.63, 3.8) is 0 Å². The Morgan fingerprint density at radius 1 is 1.21 bits per heavy atom. The molecule has 2 bridgehead atoms. The SMILES string of the molecule is C=CCCc1c(O)cc2c(O)c1C[C@@H](C)C[C@H](OC)[C@H](O)[C@@H](C)/C=C(\C)[C@@H](OC(N)=O)[C@H](OC)/C=C\C=C(/C)C(=O)N2.Cl. The van der Waals surface area contributed by atoms with Crippen LogP contribution in [0.25, 0.3) is 0 Å². The maximum Gasteiger partial charge on any atom is 0.405 e. The molecule has 2 amide bonds. The van der Waals surface area contributed by atoms with Gasteiger partial charge < -0.3 is 40.6 Å². The summed E-state index contributed by atoms with van der Waals surface area (Å²) in [5.41, 5.74) is 7.44. The maximum atomic E-state index is 13.0. The molecular weight excluding hydrogens is 576 g/mol. The van der Waals surface area contributed by atoms with Crippen LogP contribution in [0.4, 0.5) is 10.5 Å². The lowest BCUT2D eigenvalue weighted by Gasteiger charge is -2.29. The fourth-order valence-electron chi connectivity index (χ4n) is 5.20. The van der Waals surface area contributed by atoms with Gasteiger partial charge in [0.05, 0.1) is 17.9 Å². The molecule has 6 atom stereocenters. The fraction of sp³-hybridized carbons (Fsp3) is 0.500. The van der Waals surface area contributed by atoms with E-state index in [9.17, 15) is 24.9 Å². The highest BCUT2D eigenvalue weighted by Gasteiger charge is 2.30. The van der Waals surface area contributed by atoms with Crippen LogP contribution in [0.2, 0.25) is 0 Å². The molecule has 1 aromatic carbocycles. The van der Waals surface area contributed by atoms with Crippen LogP contribution in [0.5, 0.6) is 11.5 Å². The largest absolute Gasteiger partial charge is 0.508 e. The Labute approximate surface area is 260 Å². The highest BCUT2D eigenvalue weighted by Crippen LogP contribution is 2.40. The van der Waals surface area contributed by atoms with Gasteiger partial charge in [-0.15, -0.1) is 19.0 Å². The van der Waals surface area contributed by atoms with Gasteiger partial charge >= 0.3 is 6.09 Å². The molecule has 0 aliphatic carbocycles. The van der Waals surface area contributed by atoms with Crippen molar-refractivity contribution in [2.45, 2.75) is 77.8 Å². The highest BCUT2D eigenvalue weighted by atomic mass is 35.5. The van der Waals surface area contributed by atoms with E-state index in [0.717, 1.165) is 0 Å². The molecule has 0 fully saturated rings. The summed E-state index contributed by atoms with van der Waals surface area (Å²) in [6.07, 6.45) is 5.97. The number of nitrogens with one attached hydrogen (secondary N) is 1. The summed E-state index contributed by atoms with van der Waals surface area (Å²) >= 11 is 0. The Bertz CT molecular complexity index is 1210. The van der Waals surface area contributed by atoms with Crippen molar-refractivity contribution in [2.24, 2.45) is 17.6 Å². The average molecular weight is 623 g/mol. The number of benzene rings is 1. The topological polar surface area (TPSA) is 161 Å². The number of ether oxygens (including phenoxy) is 3. The highest BCUT2D eigenvalue weighted by molar-refractivity contribution is 6.04. The number of rotatable bonds is 6. The van der Waals surface area contributed by atoms with Crippen LogP contribution in [-0.4, -0.2) is 66.0 Å². The van der Waals surface area contributed by atoms with Crippen molar-refractivity contribution >= 4 is 30.1 Å². The Hall–Kier alpha value is -3.31. The van der Waals surface area contributed by atoms with Gasteiger partial charge in [0.2, 0.25) is 0 Å². The molecule has 0 saturated heterocycles. The van der Waals surface area contributed by atoms with E-state index in [1.165, 1.54) is 20.3 Å². The molecule has 1 heterocycles. The van der Waals surface area contributed by atoms with Crippen LogP contribution in [0.3, 0.4) is 0 Å². The predicted molar refractivity (Wildman–Crippen MR) is 170 cm³/mol. The lowest BCUT2D eigenvalue weighted by atomic mass is 9.86. The summed E-state index contributed by atoms with van der Waals surface area (Å²) in [7, 11) is 2.97. The molecule has 43 heavy (non-hydrogen) atoms. The van der Waals surface area contributed by atoms with Crippen LogP contribution in [0.1, 0.15) is 51.7 Å². The number of fused-ring (bicyclic) bond motifs is 2. The van der Waals surface area contributed by atoms with E-state index in [2.05, 4.69) is 11.9 Å². The van der Waals surface area contributed by atoms with Crippen molar-refractivity contribution in [2.75, 3.05) is 19.5 Å². The number of nitrogens with two attached hydrogens (primary N) is 1. The van der Waals surface area contributed by atoms with E-state index < -0.39 is 42.3 Å². The number of amides is 2. The molecule has 11 heteroatoms. The number of aromatic hydroxyl groups is 2. The van der Waals surface area contributed by atoms with Gasteiger partial charge in [0.1, 0.15) is 17.6 Å². The average Bonchev–Trinajstić information content (AvgIpc) is 2.94. The van der Waals surface area contributed by atoms with Crippen LogP contribution in [-0.2, 0) is 31.8 Å². The Morgan fingerprint density at radius 3 is 2.47 bits per heavy atom. The van der Waals surface area contributed by atoms with E-state index in [0.29, 0.717) is 48.0 Å². The van der Waals surface area contributed by atoms with E-state index in [1.807, 2.05) is 13.8 Å². The minimum absolute atomic E-state index is 0. The van der Waals surface area contributed by atoms with Crippen molar-refractivity contribution in [3.05, 3.63) is 65.3 Å². The third-order valence-electron chi connectivity index (χ3n) is 7.55. The Morgan fingerprint density at radius 2 is 1.88 bits per heavy atom. The number of allylic oxidation sites excluding steroid dienone is 3. The zero-order valence-electron chi connectivity index (χ0n) is 25.8. The molecule has 0 saturated carbocycles. The first-order chi connectivity index (χ1) is 19.8. The van der Waals surface area contributed by atoms with E-state index in [-0.39, 0.29) is 35.5 Å². The number of aliphatic hydroxyl groups excluding tert-OH is 1. The van der Waals surface area contributed by atoms with Crippen LogP contribution in [0.15, 0.2) is 54.2 Å². The summed E-state index contributed by atoms with van der Waals surface area (Å²) in [5, 5.41) is 36.1. The first kappa shape index (κ1) is 37.7. The van der Waals surface area contributed by atoms with E-state index in [1.54, 1.807) is 44.2 Å². The van der Waals surface area contributed by atoms with Gasteiger partial charge in [-0.3, -0.25) is 4.79 Å². The maximum absolute atomic E-state index is 13.0. The number of hydrogen-bond acceptors (Lipinski definition) is 8. The van der Waals surface area contributed by atoms with Gasteiger partial charge in [-0.2, -0.15) is 0 Å². The fourth-order valence-corrected chi connectivity index (χ4v) is 5.20. The standard InChI is InChI=1S/C32H46N2O8.ClH/c1-8-9-12-22-23-14-18(2)15-27(41-7)28(36)20(4)16-21(5)30(42-32(33)39)26(40-6)13-10-11-19(3)31(38)34-24(29(23)37)17-25(22)35;/h8,10-11,13,16-18,20,26-28,30,35-37H,1,9,12,14-15H2,2-7H3,(H2,33,39)(H,34,38);1H/b13-10-,19-11+,21-16+;/t18-,20+,26-,27+,28-,30-;/m1./s1. The molecule has 0 aromatic heterocycles. The zero-order valence-corrected chi connectivity index (χ0v) is 26.6. The Balaban J connectivity index is 0.00000924. The van der Waals surface area contributed by atoms with Crippen molar-refractivity contribution in [1.29, 1.82) is 0 Å². The second-order valence-corrected chi connectivity index (χ2v) is 10.9. The van der Waals surface area contributed by atoms with Gasteiger partial charge in [-0.05, 0) is 51.0 Å². The molecule has 1 aliphatic heterocycles. The summed E-state index contributed by atoms with van der Waals surface area (Å²) in [4.78, 5) is 24.8. The van der Waals surface area contributed by atoms with Gasteiger partial charge in [0.15, 0.2) is 6.10 Å². The molecule has 0 radical (unpaired) electrons. The van der Waals surface area contributed by atoms with Crippen molar-refractivity contribution in [1.82, 2.24) is 0 Å². The minimum atomic E-state index is -0.984. The monoisotopic (exact) mass is 622 g/mol. The molecule has 6 N–H and O–H groups in total. The molecule has 10 nitrogen and oxygen atoms in total. The normalized spacial score (nSPS) is 28.7. The number of halogens is 1. The number of carbonyl (C=O) groups excluding carboxylic acids is 2. The number of anilines is 1. The number of aliphatic hydroxyl groups is 1. The lowest BCUT2D eigenvalue weighted by Crippen LogP contribution is -2.37. The molecule has 1 aromatic rings. The summed E-state index contributed by atoms with van der Waals surface area (Å²) in [5.74, 6) is -1.16. The number of methoxy groups -OCH3 is 2. The van der Waals surface area contributed by atoms with Crippen LogP contribution < -0.4 is 11.1 Å². The van der Waals surface area contributed by atoms with Crippen LogP contribution in [0, 0.1) is 11.8 Å². The third-order valence-corrected chi connectivity index (χ3v) is 7.55. The van der Waals surface area contributed by atoms with E-state index >= 15 is 0 Å². The molecule has 240 valence electrons. The Kier molecular flexibility index (Phi) is 15.5. The summed E-state index contributed by atoms with van der Waals surface area (Å²) in [6.45, 7) is 10.9. The molecule has 0 spiro atoms. The quantitative estimate of drug-likeness (QED) is 0.166. The van der Waals surface area contributed by atoms with Crippen molar-refractivity contribution < 1.29 is 39.1 Å². The number of hydrogen-bond donors (Lipinski definition) is 5. The van der Waals surface area contributed by atoms with Gasteiger partial charge in [-0.1, -0.05) is 44.2 Å². The number of primary amides is 1. The first-order valence-electron chi connectivity index (χ1n) is 14.1. The second-order valence-electron chi connectivity index (χ2n) is 10.9. The van der Waals surface area contributed by atoms with Gasteiger partial charge in [-0.25, -0.2) is 4.79 Å². The molecule has 0 unspecified atom stereocenters. The zero-order chi connectivity index (χ0) is 31.6. The molecular formula is C32H47ClN2O8. The molecule has 2 rings (SSSR count). The second kappa shape index (κ2) is 17.7. The van der Waals surface area contributed by atoms with Crippen LogP contribution >= 0.6 is 12.4 Å².